The molecule has 0 heterocycles. The first kappa shape index (κ1) is 18.8. The van der Waals surface area contributed by atoms with Gasteiger partial charge in [-0.15, -0.1) is 0 Å². The number of benzene rings is 4. The summed E-state index contributed by atoms with van der Waals surface area (Å²) in [7, 11) is 0. The number of aliphatic imine (C=N–C) groups is 1. The number of hydrogen-bond donors (Lipinski definition) is 0. The molecule has 0 bridgehead atoms. The standard InChI is InChI=1S/C27H22FN/c28-25-19-11-10-18-24(25)26(20-21-12-4-1-5-13-21)29-27(22-14-6-2-7-15-22)23-16-8-3-9-17-23/h1-19,26H,20H2. The largest absolute Gasteiger partial charge is 0.276 e. The summed E-state index contributed by atoms with van der Waals surface area (Å²) in [5, 5.41) is 0. The van der Waals surface area contributed by atoms with Crippen LogP contribution in [0.1, 0.15) is 28.3 Å². The van der Waals surface area contributed by atoms with Crippen LogP contribution in [-0.4, -0.2) is 5.71 Å². The Labute approximate surface area is 171 Å². The molecule has 0 saturated heterocycles. The predicted octanol–water partition coefficient (Wildman–Crippen LogP) is 6.65. The Bertz CT molecular complexity index is 1030. The van der Waals surface area contributed by atoms with Gasteiger partial charge in [0.05, 0.1) is 11.8 Å². The second-order valence-electron chi connectivity index (χ2n) is 6.94. The summed E-state index contributed by atoms with van der Waals surface area (Å²) < 4.78 is 14.7. The van der Waals surface area contributed by atoms with Gasteiger partial charge in [-0.2, -0.15) is 0 Å². The van der Waals surface area contributed by atoms with E-state index in [1.165, 1.54) is 6.07 Å². The van der Waals surface area contributed by atoms with Crippen LogP contribution in [0.4, 0.5) is 4.39 Å². The van der Waals surface area contributed by atoms with Crippen LogP contribution in [0.3, 0.4) is 0 Å². The van der Waals surface area contributed by atoms with Crippen molar-refractivity contribution in [2.45, 2.75) is 12.5 Å². The van der Waals surface area contributed by atoms with E-state index in [0.29, 0.717) is 12.0 Å². The van der Waals surface area contributed by atoms with Crippen LogP contribution in [0.2, 0.25) is 0 Å². The van der Waals surface area contributed by atoms with Gasteiger partial charge in [0.1, 0.15) is 5.82 Å². The molecule has 1 unspecified atom stereocenters. The Balaban J connectivity index is 1.85. The van der Waals surface area contributed by atoms with Crippen LogP contribution < -0.4 is 0 Å². The average Bonchev–Trinajstić information content (AvgIpc) is 2.79. The normalized spacial score (nSPS) is 11.6. The molecule has 0 radical (unpaired) electrons. The molecule has 0 aromatic heterocycles. The zero-order valence-electron chi connectivity index (χ0n) is 16.1. The van der Waals surface area contributed by atoms with Crippen molar-refractivity contribution in [3.63, 3.8) is 0 Å². The van der Waals surface area contributed by atoms with Gasteiger partial charge in [0, 0.05) is 16.7 Å². The third-order valence-corrected chi connectivity index (χ3v) is 4.92. The first-order valence-corrected chi connectivity index (χ1v) is 9.78. The molecule has 4 aromatic carbocycles. The van der Waals surface area contributed by atoms with Crippen LogP contribution >= 0.6 is 0 Å². The highest BCUT2D eigenvalue weighted by Crippen LogP contribution is 2.27. The molecule has 1 atom stereocenters. The molecule has 0 amide bonds. The first-order chi connectivity index (χ1) is 14.3. The number of rotatable bonds is 6. The van der Waals surface area contributed by atoms with E-state index in [9.17, 15) is 4.39 Å². The van der Waals surface area contributed by atoms with E-state index >= 15 is 0 Å². The molecule has 0 aliphatic heterocycles. The molecule has 0 fully saturated rings. The SMILES string of the molecule is Fc1ccccc1C(Cc1ccccc1)N=C(c1ccccc1)c1ccccc1. The zero-order chi connectivity index (χ0) is 19.9. The van der Waals surface area contributed by atoms with Crippen molar-refractivity contribution in [3.8, 4) is 0 Å². The third-order valence-electron chi connectivity index (χ3n) is 4.92. The predicted molar refractivity (Wildman–Crippen MR) is 118 cm³/mol. The average molecular weight is 379 g/mol. The van der Waals surface area contributed by atoms with Gasteiger partial charge >= 0.3 is 0 Å². The molecule has 4 rings (SSSR count). The zero-order valence-corrected chi connectivity index (χ0v) is 16.1. The van der Waals surface area contributed by atoms with Crippen molar-refractivity contribution >= 4 is 5.71 Å². The lowest BCUT2D eigenvalue weighted by Gasteiger charge is -2.17. The highest BCUT2D eigenvalue weighted by atomic mass is 19.1. The maximum absolute atomic E-state index is 14.7. The molecule has 0 aliphatic carbocycles. The Kier molecular flexibility index (Phi) is 5.92. The van der Waals surface area contributed by atoms with Gasteiger partial charge in [-0.3, -0.25) is 4.99 Å². The van der Waals surface area contributed by atoms with Crippen molar-refractivity contribution in [1.82, 2.24) is 0 Å². The van der Waals surface area contributed by atoms with Gasteiger partial charge < -0.3 is 0 Å². The minimum absolute atomic E-state index is 0.224. The molecule has 29 heavy (non-hydrogen) atoms. The topological polar surface area (TPSA) is 12.4 Å². The van der Waals surface area contributed by atoms with Crippen LogP contribution in [0.15, 0.2) is 120 Å². The van der Waals surface area contributed by atoms with Gasteiger partial charge in [-0.1, -0.05) is 109 Å². The van der Waals surface area contributed by atoms with Crippen molar-refractivity contribution in [3.05, 3.63) is 143 Å². The second-order valence-corrected chi connectivity index (χ2v) is 6.94. The van der Waals surface area contributed by atoms with Crippen LogP contribution in [0, 0.1) is 5.82 Å². The molecule has 2 heteroatoms. The molecule has 0 spiro atoms. The molecular weight excluding hydrogens is 357 g/mol. The molecule has 4 aromatic rings. The lowest BCUT2D eigenvalue weighted by atomic mass is 9.96. The molecule has 142 valence electrons. The van der Waals surface area contributed by atoms with E-state index in [0.717, 1.165) is 22.4 Å². The minimum Gasteiger partial charge on any atom is -0.276 e. The van der Waals surface area contributed by atoms with E-state index in [2.05, 4.69) is 12.1 Å². The Morgan fingerprint density at radius 1 is 0.621 bits per heavy atom. The maximum Gasteiger partial charge on any atom is 0.128 e. The van der Waals surface area contributed by atoms with Gasteiger partial charge in [0.2, 0.25) is 0 Å². The second kappa shape index (κ2) is 9.11. The van der Waals surface area contributed by atoms with E-state index < -0.39 is 0 Å². The number of halogens is 1. The lowest BCUT2D eigenvalue weighted by molar-refractivity contribution is 0.581. The highest BCUT2D eigenvalue weighted by Gasteiger charge is 2.18. The van der Waals surface area contributed by atoms with Crippen molar-refractivity contribution in [1.29, 1.82) is 0 Å². The summed E-state index contributed by atoms with van der Waals surface area (Å²) in [5.74, 6) is -0.224. The fourth-order valence-corrected chi connectivity index (χ4v) is 3.47. The Hall–Kier alpha value is -3.52. The van der Waals surface area contributed by atoms with Crippen molar-refractivity contribution in [2.75, 3.05) is 0 Å². The molecular formula is C27H22FN. The summed E-state index contributed by atoms with van der Waals surface area (Å²) in [6.45, 7) is 0. The molecule has 0 N–H and O–H groups in total. The Morgan fingerprint density at radius 3 is 1.66 bits per heavy atom. The smallest absolute Gasteiger partial charge is 0.128 e. The van der Waals surface area contributed by atoms with E-state index in [-0.39, 0.29) is 11.9 Å². The molecule has 0 saturated carbocycles. The fraction of sp³-hybridized carbons (Fsp3) is 0.0741. The quantitative estimate of drug-likeness (QED) is 0.333. The number of nitrogens with zero attached hydrogens (tertiary/aromatic N) is 1. The van der Waals surface area contributed by atoms with Crippen LogP contribution in [0.5, 0.6) is 0 Å². The highest BCUT2D eigenvalue weighted by molar-refractivity contribution is 6.13. The summed E-state index contributed by atoms with van der Waals surface area (Å²) in [6, 6.07) is 36.9. The maximum atomic E-state index is 14.7. The van der Waals surface area contributed by atoms with Gasteiger partial charge in [-0.25, -0.2) is 4.39 Å². The van der Waals surface area contributed by atoms with Gasteiger partial charge in [-0.05, 0) is 18.1 Å². The fourth-order valence-electron chi connectivity index (χ4n) is 3.47. The third kappa shape index (κ3) is 4.67. The van der Waals surface area contributed by atoms with Crippen molar-refractivity contribution < 1.29 is 4.39 Å². The lowest BCUT2D eigenvalue weighted by Crippen LogP contribution is -2.10. The molecule has 0 aliphatic rings. The van der Waals surface area contributed by atoms with E-state index in [1.807, 2.05) is 91.0 Å². The van der Waals surface area contributed by atoms with Gasteiger partial charge in [0.15, 0.2) is 0 Å². The minimum atomic E-state index is -0.325. The summed E-state index contributed by atoms with van der Waals surface area (Å²) in [5.41, 5.74) is 4.65. The number of hydrogen-bond acceptors (Lipinski definition) is 1. The van der Waals surface area contributed by atoms with Crippen LogP contribution in [-0.2, 0) is 6.42 Å². The van der Waals surface area contributed by atoms with Gasteiger partial charge in [0.25, 0.3) is 0 Å². The Morgan fingerprint density at radius 2 is 1.10 bits per heavy atom. The van der Waals surface area contributed by atoms with Crippen molar-refractivity contribution in [2.24, 2.45) is 4.99 Å². The first-order valence-electron chi connectivity index (χ1n) is 9.78. The summed E-state index contributed by atoms with van der Waals surface area (Å²) in [6.07, 6.45) is 0.630. The van der Waals surface area contributed by atoms with E-state index in [1.54, 1.807) is 6.07 Å². The summed E-state index contributed by atoms with van der Waals surface area (Å²) >= 11 is 0. The van der Waals surface area contributed by atoms with Crippen LogP contribution in [0.25, 0.3) is 0 Å². The van der Waals surface area contributed by atoms with E-state index in [4.69, 9.17) is 4.99 Å². The monoisotopic (exact) mass is 379 g/mol. The summed E-state index contributed by atoms with van der Waals surface area (Å²) in [4.78, 5) is 5.12. The molecule has 1 nitrogen and oxygen atoms in total.